The number of hydrogen-bond acceptors (Lipinski definition) is 4. The first kappa shape index (κ1) is 15.7. The van der Waals surface area contributed by atoms with Crippen molar-refractivity contribution in [1.82, 2.24) is 9.80 Å². The maximum Gasteiger partial charge on any atom is 0.323 e. The van der Waals surface area contributed by atoms with Crippen molar-refractivity contribution in [1.29, 1.82) is 0 Å². The number of aliphatic carboxylic acids is 1. The van der Waals surface area contributed by atoms with Crippen LogP contribution in [-0.4, -0.2) is 77.0 Å². The fraction of sp³-hybridized carbons (Fsp3) is 0.833. The van der Waals surface area contributed by atoms with Gasteiger partial charge in [0, 0.05) is 6.54 Å². The minimum atomic E-state index is -1.03. The van der Waals surface area contributed by atoms with Gasteiger partial charge in [-0.05, 0) is 13.3 Å². The molecule has 1 saturated heterocycles. The number of ether oxygens (including phenoxy) is 1. The van der Waals surface area contributed by atoms with Crippen LogP contribution in [0.15, 0.2) is 0 Å². The molecule has 7 heteroatoms. The van der Waals surface area contributed by atoms with E-state index >= 15 is 0 Å². The van der Waals surface area contributed by atoms with E-state index in [0.717, 1.165) is 0 Å². The Balaban J connectivity index is 2.72. The van der Waals surface area contributed by atoms with E-state index in [1.807, 2.05) is 13.8 Å². The molecule has 0 aromatic carbocycles. The number of morpholine rings is 1. The van der Waals surface area contributed by atoms with Crippen molar-refractivity contribution in [3.63, 3.8) is 0 Å². The average Bonchev–Trinajstić information content (AvgIpc) is 2.37. The predicted molar refractivity (Wildman–Crippen MR) is 67.9 cm³/mol. The number of carbonyl (C=O) groups excluding carboxylic acids is 1. The molecule has 0 bridgehead atoms. The van der Waals surface area contributed by atoms with Gasteiger partial charge >= 0.3 is 12.0 Å². The van der Waals surface area contributed by atoms with E-state index in [1.54, 1.807) is 4.90 Å². The van der Waals surface area contributed by atoms with Crippen molar-refractivity contribution in [3.8, 4) is 0 Å². The van der Waals surface area contributed by atoms with Crippen LogP contribution in [-0.2, 0) is 9.53 Å². The minimum absolute atomic E-state index is 0.122. The van der Waals surface area contributed by atoms with Crippen LogP contribution < -0.4 is 0 Å². The molecule has 1 aliphatic heterocycles. The van der Waals surface area contributed by atoms with Gasteiger partial charge in [0.15, 0.2) is 0 Å². The normalized spacial score (nSPS) is 23.2. The zero-order valence-corrected chi connectivity index (χ0v) is 11.4. The van der Waals surface area contributed by atoms with Gasteiger partial charge in [-0.2, -0.15) is 0 Å². The highest BCUT2D eigenvalue weighted by molar-refractivity contribution is 5.80. The zero-order chi connectivity index (χ0) is 14.4. The lowest BCUT2D eigenvalue weighted by molar-refractivity contribution is -0.138. The Labute approximate surface area is 112 Å². The number of hydrogen-bond donors (Lipinski definition) is 2. The van der Waals surface area contributed by atoms with E-state index in [2.05, 4.69) is 0 Å². The lowest BCUT2D eigenvalue weighted by atomic mass is 10.2. The molecule has 2 atom stereocenters. The van der Waals surface area contributed by atoms with Crippen molar-refractivity contribution < 1.29 is 24.5 Å². The van der Waals surface area contributed by atoms with Gasteiger partial charge in [-0.1, -0.05) is 6.92 Å². The number of aliphatic hydroxyl groups excluding tert-OH is 1. The standard InChI is InChI=1S/C12H22N2O5/c1-3-4-13(6-11(16)17)12(18)14-5-10(7-15)19-8-9(14)2/h9-10,15H,3-8H2,1-2H3,(H,16,17). The third-order valence-corrected chi connectivity index (χ3v) is 3.05. The number of rotatable bonds is 5. The third kappa shape index (κ3) is 4.36. The predicted octanol–water partition coefficient (Wildman–Crippen LogP) is -0.0154. The topological polar surface area (TPSA) is 90.3 Å². The number of amides is 2. The van der Waals surface area contributed by atoms with Crippen molar-refractivity contribution in [2.24, 2.45) is 0 Å². The minimum Gasteiger partial charge on any atom is -0.480 e. The van der Waals surface area contributed by atoms with E-state index < -0.39 is 12.1 Å². The number of carboxylic acids is 1. The van der Waals surface area contributed by atoms with E-state index in [1.165, 1.54) is 4.90 Å². The number of urea groups is 1. The summed E-state index contributed by atoms with van der Waals surface area (Å²) in [6, 6.07) is -0.429. The summed E-state index contributed by atoms with van der Waals surface area (Å²) >= 11 is 0. The molecule has 7 nitrogen and oxygen atoms in total. The highest BCUT2D eigenvalue weighted by Gasteiger charge is 2.32. The molecule has 1 aliphatic rings. The second-order valence-corrected chi connectivity index (χ2v) is 4.74. The van der Waals surface area contributed by atoms with Crippen molar-refractivity contribution >= 4 is 12.0 Å². The molecule has 0 spiro atoms. The Kier molecular flexibility index (Phi) is 6.04. The molecule has 2 unspecified atom stereocenters. The molecule has 110 valence electrons. The van der Waals surface area contributed by atoms with Crippen LogP contribution in [0.4, 0.5) is 4.79 Å². The van der Waals surface area contributed by atoms with Crippen molar-refractivity contribution in [2.75, 3.05) is 32.8 Å². The van der Waals surface area contributed by atoms with Crippen LogP contribution in [0.3, 0.4) is 0 Å². The third-order valence-electron chi connectivity index (χ3n) is 3.05. The Bertz CT molecular complexity index is 323. The Morgan fingerprint density at radius 1 is 1.47 bits per heavy atom. The quantitative estimate of drug-likeness (QED) is 0.735. The second-order valence-electron chi connectivity index (χ2n) is 4.74. The average molecular weight is 274 g/mol. The summed E-state index contributed by atoms with van der Waals surface area (Å²) in [5.41, 5.74) is 0. The van der Waals surface area contributed by atoms with Crippen LogP contribution in [0, 0.1) is 0 Å². The first-order valence-corrected chi connectivity index (χ1v) is 6.49. The van der Waals surface area contributed by atoms with Crippen molar-refractivity contribution in [2.45, 2.75) is 32.4 Å². The van der Waals surface area contributed by atoms with Gasteiger partial charge in [0.25, 0.3) is 0 Å². The molecule has 0 radical (unpaired) electrons. The highest BCUT2D eigenvalue weighted by atomic mass is 16.5. The number of carbonyl (C=O) groups is 2. The van der Waals surface area contributed by atoms with Crippen LogP contribution in [0.5, 0.6) is 0 Å². The number of aliphatic hydroxyl groups is 1. The molecule has 1 heterocycles. The molecule has 0 saturated carbocycles. The summed E-state index contributed by atoms with van der Waals surface area (Å²) in [7, 11) is 0. The lowest BCUT2D eigenvalue weighted by Crippen LogP contribution is -2.56. The molecule has 0 aromatic heterocycles. The van der Waals surface area contributed by atoms with E-state index in [-0.39, 0.29) is 31.8 Å². The lowest BCUT2D eigenvalue weighted by Gasteiger charge is -2.39. The molecule has 19 heavy (non-hydrogen) atoms. The highest BCUT2D eigenvalue weighted by Crippen LogP contribution is 2.14. The summed E-state index contributed by atoms with van der Waals surface area (Å²) in [6.45, 7) is 4.32. The van der Waals surface area contributed by atoms with Gasteiger partial charge in [0.2, 0.25) is 0 Å². The van der Waals surface area contributed by atoms with Gasteiger partial charge in [-0.3, -0.25) is 4.79 Å². The summed E-state index contributed by atoms with van der Waals surface area (Å²) in [4.78, 5) is 26.0. The van der Waals surface area contributed by atoms with Crippen LogP contribution >= 0.6 is 0 Å². The largest absolute Gasteiger partial charge is 0.480 e. The molecular formula is C12H22N2O5. The van der Waals surface area contributed by atoms with Gasteiger partial charge < -0.3 is 24.7 Å². The van der Waals surface area contributed by atoms with E-state index in [0.29, 0.717) is 19.6 Å². The summed E-state index contributed by atoms with van der Waals surface area (Å²) in [6.07, 6.45) is 0.301. The molecule has 2 amide bonds. The number of carboxylic acid groups (broad SMARTS) is 1. The van der Waals surface area contributed by atoms with Gasteiger partial charge in [-0.25, -0.2) is 4.79 Å². The summed E-state index contributed by atoms with van der Waals surface area (Å²) < 4.78 is 5.36. The number of nitrogens with zero attached hydrogens (tertiary/aromatic N) is 2. The maximum atomic E-state index is 12.3. The molecule has 0 aromatic rings. The zero-order valence-electron chi connectivity index (χ0n) is 11.4. The smallest absolute Gasteiger partial charge is 0.323 e. The van der Waals surface area contributed by atoms with Crippen LogP contribution in [0.2, 0.25) is 0 Å². The fourth-order valence-electron chi connectivity index (χ4n) is 2.05. The second kappa shape index (κ2) is 7.30. The Morgan fingerprint density at radius 3 is 2.68 bits per heavy atom. The monoisotopic (exact) mass is 274 g/mol. The van der Waals surface area contributed by atoms with Gasteiger partial charge in [0.1, 0.15) is 6.54 Å². The van der Waals surface area contributed by atoms with Crippen molar-refractivity contribution in [3.05, 3.63) is 0 Å². The van der Waals surface area contributed by atoms with Crippen LogP contribution in [0.25, 0.3) is 0 Å². The first-order valence-electron chi connectivity index (χ1n) is 6.49. The summed E-state index contributed by atoms with van der Waals surface area (Å²) in [5, 5.41) is 17.9. The van der Waals surface area contributed by atoms with Gasteiger partial charge in [0.05, 0.1) is 31.9 Å². The van der Waals surface area contributed by atoms with Crippen LogP contribution in [0.1, 0.15) is 20.3 Å². The SMILES string of the molecule is CCCN(CC(=O)O)C(=O)N1CC(CO)OCC1C. The fourth-order valence-corrected chi connectivity index (χ4v) is 2.05. The Hall–Kier alpha value is -1.34. The molecular weight excluding hydrogens is 252 g/mol. The maximum absolute atomic E-state index is 12.3. The molecule has 1 rings (SSSR count). The first-order chi connectivity index (χ1) is 8.99. The molecule has 0 aliphatic carbocycles. The molecule has 1 fully saturated rings. The Morgan fingerprint density at radius 2 is 2.16 bits per heavy atom. The van der Waals surface area contributed by atoms with Gasteiger partial charge in [-0.15, -0.1) is 0 Å². The molecule has 2 N–H and O–H groups in total. The van der Waals surface area contributed by atoms with E-state index in [4.69, 9.17) is 14.9 Å². The summed E-state index contributed by atoms with van der Waals surface area (Å²) in [5.74, 6) is -1.03. The van der Waals surface area contributed by atoms with E-state index in [9.17, 15) is 9.59 Å².